The maximum absolute atomic E-state index is 13.0. The molecule has 0 spiro atoms. The molecule has 0 atom stereocenters. The molecule has 0 aliphatic rings. The lowest BCUT2D eigenvalue weighted by Gasteiger charge is -2.08. The average molecular weight is 197 g/mol. The first kappa shape index (κ1) is 10.5. The van der Waals surface area contributed by atoms with Gasteiger partial charge in [-0.25, -0.2) is 4.39 Å². The molecule has 0 heterocycles. The Morgan fingerprint density at radius 1 is 1.57 bits per heavy atom. The lowest BCUT2D eigenvalue weighted by Crippen LogP contribution is -2.15. The molecule has 1 rings (SSSR count). The van der Waals surface area contributed by atoms with Crippen molar-refractivity contribution in [3.05, 3.63) is 29.6 Å². The van der Waals surface area contributed by atoms with E-state index in [1.54, 1.807) is 19.1 Å². The summed E-state index contributed by atoms with van der Waals surface area (Å²) in [6, 6.07) is 4.67. The molecule has 0 unspecified atom stereocenters. The van der Waals surface area contributed by atoms with Crippen molar-refractivity contribution in [1.29, 1.82) is 0 Å². The smallest absolute Gasteiger partial charge is 0.325 e. The number of carbonyl (C=O) groups is 1. The summed E-state index contributed by atoms with van der Waals surface area (Å²) in [6.45, 7) is 1.69. The van der Waals surface area contributed by atoms with Crippen molar-refractivity contribution in [2.24, 2.45) is 0 Å². The van der Waals surface area contributed by atoms with E-state index in [9.17, 15) is 9.18 Å². The van der Waals surface area contributed by atoms with Crippen LogP contribution in [0.25, 0.3) is 0 Å². The number of rotatable bonds is 3. The van der Waals surface area contributed by atoms with E-state index in [4.69, 9.17) is 0 Å². The Morgan fingerprint density at radius 3 is 2.93 bits per heavy atom. The van der Waals surface area contributed by atoms with Gasteiger partial charge in [0.15, 0.2) is 0 Å². The van der Waals surface area contributed by atoms with Crippen LogP contribution in [0.15, 0.2) is 18.2 Å². The number of methoxy groups -OCH3 is 1. The molecule has 1 N–H and O–H groups in total. The van der Waals surface area contributed by atoms with Crippen LogP contribution in [0.1, 0.15) is 5.56 Å². The van der Waals surface area contributed by atoms with E-state index in [2.05, 4.69) is 10.1 Å². The second-order valence-electron chi connectivity index (χ2n) is 2.84. The van der Waals surface area contributed by atoms with Crippen LogP contribution in [0.4, 0.5) is 10.1 Å². The molecule has 0 saturated carbocycles. The quantitative estimate of drug-likeness (QED) is 0.750. The minimum absolute atomic E-state index is 0.0425. The lowest BCUT2D eigenvalue weighted by atomic mass is 10.2. The minimum atomic E-state index is -0.381. The van der Waals surface area contributed by atoms with Crippen LogP contribution in [-0.4, -0.2) is 19.6 Å². The van der Waals surface area contributed by atoms with Crippen LogP contribution in [0, 0.1) is 12.7 Å². The van der Waals surface area contributed by atoms with Crippen molar-refractivity contribution in [2.45, 2.75) is 6.92 Å². The molecule has 0 aliphatic heterocycles. The molecular formula is C10H12FNO2. The highest BCUT2D eigenvalue weighted by Gasteiger charge is 2.04. The zero-order chi connectivity index (χ0) is 10.6. The fourth-order valence-corrected chi connectivity index (χ4v) is 1.04. The Morgan fingerprint density at radius 2 is 2.29 bits per heavy atom. The Kier molecular flexibility index (Phi) is 3.45. The van der Waals surface area contributed by atoms with Crippen molar-refractivity contribution in [3.63, 3.8) is 0 Å². The highest BCUT2D eigenvalue weighted by atomic mass is 19.1. The van der Waals surface area contributed by atoms with E-state index in [1.807, 2.05) is 0 Å². The van der Waals surface area contributed by atoms with Crippen LogP contribution in [0.2, 0.25) is 0 Å². The monoisotopic (exact) mass is 197 g/mol. The first-order chi connectivity index (χ1) is 6.65. The Hall–Kier alpha value is -1.58. The first-order valence-electron chi connectivity index (χ1n) is 4.21. The largest absolute Gasteiger partial charge is 0.468 e. The van der Waals surface area contributed by atoms with Crippen LogP contribution in [0.3, 0.4) is 0 Å². The number of hydrogen-bond donors (Lipinski definition) is 1. The van der Waals surface area contributed by atoms with Gasteiger partial charge in [0.05, 0.1) is 7.11 Å². The van der Waals surface area contributed by atoms with Crippen LogP contribution >= 0.6 is 0 Å². The number of anilines is 1. The molecule has 3 nitrogen and oxygen atoms in total. The molecule has 0 bridgehead atoms. The molecule has 0 fully saturated rings. The molecule has 0 aromatic heterocycles. The summed E-state index contributed by atoms with van der Waals surface area (Å²) in [5.41, 5.74) is 1.10. The predicted octanol–water partition coefficient (Wildman–Crippen LogP) is 1.72. The van der Waals surface area contributed by atoms with Gasteiger partial charge >= 0.3 is 5.97 Å². The number of benzene rings is 1. The summed E-state index contributed by atoms with van der Waals surface area (Å²) in [6.07, 6.45) is 0. The summed E-state index contributed by atoms with van der Waals surface area (Å²) in [7, 11) is 1.31. The SMILES string of the molecule is COC(=O)CNc1cccc(F)c1C. The zero-order valence-electron chi connectivity index (χ0n) is 8.13. The van der Waals surface area contributed by atoms with E-state index in [0.717, 1.165) is 0 Å². The number of esters is 1. The van der Waals surface area contributed by atoms with Crippen LogP contribution < -0.4 is 5.32 Å². The minimum Gasteiger partial charge on any atom is -0.468 e. The molecule has 0 saturated heterocycles. The molecule has 0 amide bonds. The van der Waals surface area contributed by atoms with Gasteiger partial charge in [-0.3, -0.25) is 4.79 Å². The van der Waals surface area contributed by atoms with Crippen LogP contribution in [0.5, 0.6) is 0 Å². The Bertz CT molecular complexity index is 339. The van der Waals surface area contributed by atoms with Crippen molar-refractivity contribution in [1.82, 2.24) is 0 Å². The topological polar surface area (TPSA) is 38.3 Å². The standard InChI is InChI=1S/C10H12FNO2/c1-7-8(11)4-3-5-9(7)12-6-10(13)14-2/h3-5,12H,6H2,1-2H3. The Balaban J connectivity index is 2.68. The van der Waals surface area contributed by atoms with Crippen molar-refractivity contribution in [3.8, 4) is 0 Å². The van der Waals surface area contributed by atoms with E-state index >= 15 is 0 Å². The number of ether oxygens (including phenoxy) is 1. The van der Waals surface area contributed by atoms with Gasteiger partial charge in [0.1, 0.15) is 12.4 Å². The van der Waals surface area contributed by atoms with Gasteiger partial charge in [-0.2, -0.15) is 0 Å². The van der Waals surface area contributed by atoms with Gasteiger partial charge < -0.3 is 10.1 Å². The van der Waals surface area contributed by atoms with Gasteiger partial charge in [0, 0.05) is 11.3 Å². The zero-order valence-corrected chi connectivity index (χ0v) is 8.13. The average Bonchev–Trinajstić information content (AvgIpc) is 2.20. The van der Waals surface area contributed by atoms with Gasteiger partial charge in [-0.15, -0.1) is 0 Å². The van der Waals surface area contributed by atoms with Crippen molar-refractivity contribution in [2.75, 3.05) is 19.0 Å². The normalized spacial score (nSPS) is 9.64. The number of carbonyl (C=O) groups excluding carboxylic acids is 1. The van der Waals surface area contributed by atoms with Gasteiger partial charge in [0.25, 0.3) is 0 Å². The molecule has 0 radical (unpaired) electrons. The van der Waals surface area contributed by atoms with E-state index < -0.39 is 0 Å². The fourth-order valence-electron chi connectivity index (χ4n) is 1.04. The summed E-state index contributed by atoms with van der Waals surface area (Å²) in [4.78, 5) is 10.8. The first-order valence-corrected chi connectivity index (χ1v) is 4.21. The van der Waals surface area contributed by atoms with Gasteiger partial charge in [0.2, 0.25) is 0 Å². The van der Waals surface area contributed by atoms with E-state index in [1.165, 1.54) is 13.2 Å². The molecule has 1 aromatic carbocycles. The van der Waals surface area contributed by atoms with Crippen LogP contribution in [-0.2, 0) is 9.53 Å². The molecule has 76 valence electrons. The molecular weight excluding hydrogens is 185 g/mol. The van der Waals surface area contributed by atoms with E-state index in [-0.39, 0.29) is 18.3 Å². The Labute approximate surface area is 81.9 Å². The maximum atomic E-state index is 13.0. The number of halogens is 1. The third-order valence-corrected chi connectivity index (χ3v) is 1.92. The second-order valence-corrected chi connectivity index (χ2v) is 2.84. The maximum Gasteiger partial charge on any atom is 0.325 e. The summed E-state index contributed by atoms with van der Waals surface area (Å²) in [5.74, 6) is -0.673. The number of nitrogens with one attached hydrogen (secondary N) is 1. The van der Waals surface area contributed by atoms with Crippen molar-refractivity contribution < 1.29 is 13.9 Å². The lowest BCUT2D eigenvalue weighted by molar-refractivity contribution is -0.138. The summed E-state index contributed by atoms with van der Waals surface area (Å²) >= 11 is 0. The highest BCUT2D eigenvalue weighted by Crippen LogP contribution is 2.16. The molecule has 4 heteroatoms. The predicted molar refractivity (Wildman–Crippen MR) is 51.6 cm³/mol. The van der Waals surface area contributed by atoms with Gasteiger partial charge in [-0.05, 0) is 19.1 Å². The van der Waals surface area contributed by atoms with Gasteiger partial charge in [-0.1, -0.05) is 6.07 Å². The third-order valence-electron chi connectivity index (χ3n) is 1.92. The van der Waals surface area contributed by atoms with Crippen molar-refractivity contribution >= 4 is 11.7 Å². The molecule has 0 aliphatic carbocycles. The fraction of sp³-hybridized carbons (Fsp3) is 0.300. The highest BCUT2D eigenvalue weighted by molar-refractivity contribution is 5.75. The third kappa shape index (κ3) is 2.45. The summed E-state index contributed by atoms with van der Waals surface area (Å²) < 4.78 is 17.5. The summed E-state index contributed by atoms with van der Waals surface area (Å²) in [5, 5.41) is 2.79. The van der Waals surface area contributed by atoms with E-state index in [0.29, 0.717) is 11.3 Å². The molecule has 14 heavy (non-hydrogen) atoms. The number of hydrogen-bond acceptors (Lipinski definition) is 3. The molecule has 1 aromatic rings. The second kappa shape index (κ2) is 4.60.